The third-order valence-electron chi connectivity index (χ3n) is 8.80. The standard InChI is InChI=1S/C48H78O4/c1-3-5-7-9-11-13-15-17-19-20-21-22-24-26-28-30-32-37-41-45-48(51)52-46(43-39-35-33-36-40-44-47(49)50)42-38-34-31-29-27-25-23-18-16-14-12-10-8-6-4-2/h5-8,11-14,17-19,21-23,27,29,46H,3-4,9-10,15-16,20,24-26,28,30-45H2,1-2H3,(H,49,50)/b7-5-,8-6-,13-11-,14-12-,19-17-,22-21-,23-18-,29-27-. The average molecular weight is 719 g/mol. The van der Waals surface area contributed by atoms with E-state index >= 15 is 0 Å². The maximum absolute atomic E-state index is 12.7. The van der Waals surface area contributed by atoms with Crippen molar-refractivity contribution < 1.29 is 19.4 Å². The number of carbonyl (C=O) groups is 2. The molecule has 0 aromatic rings. The number of ether oxygens (including phenoxy) is 1. The largest absolute Gasteiger partial charge is 0.481 e. The van der Waals surface area contributed by atoms with Gasteiger partial charge in [-0.25, -0.2) is 0 Å². The number of hydrogen-bond acceptors (Lipinski definition) is 3. The van der Waals surface area contributed by atoms with Gasteiger partial charge in [0, 0.05) is 12.8 Å². The van der Waals surface area contributed by atoms with Crippen LogP contribution in [0.5, 0.6) is 0 Å². The molecule has 0 fully saturated rings. The molecule has 0 aromatic heterocycles. The predicted octanol–water partition coefficient (Wildman–Crippen LogP) is 15.0. The first-order chi connectivity index (χ1) is 25.6. The van der Waals surface area contributed by atoms with E-state index in [0.29, 0.717) is 6.42 Å². The molecule has 4 heteroatoms. The number of hydrogen-bond donors (Lipinski definition) is 1. The second kappa shape index (κ2) is 42.3. The molecule has 0 spiro atoms. The van der Waals surface area contributed by atoms with Crippen molar-refractivity contribution in [1.29, 1.82) is 0 Å². The first-order valence-electron chi connectivity index (χ1n) is 21.2. The van der Waals surface area contributed by atoms with Crippen molar-refractivity contribution in [2.45, 2.75) is 193 Å². The number of carboxylic acids is 1. The Morgan fingerprint density at radius 2 is 0.750 bits per heavy atom. The fourth-order valence-electron chi connectivity index (χ4n) is 5.75. The monoisotopic (exact) mass is 719 g/mol. The maximum Gasteiger partial charge on any atom is 0.306 e. The highest BCUT2D eigenvalue weighted by Gasteiger charge is 2.14. The van der Waals surface area contributed by atoms with E-state index in [9.17, 15) is 9.59 Å². The first-order valence-corrected chi connectivity index (χ1v) is 21.2. The Morgan fingerprint density at radius 1 is 0.423 bits per heavy atom. The first kappa shape index (κ1) is 48.9. The third kappa shape index (κ3) is 41.3. The molecule has 294 valence electrons. The van der Waals surface area contributed by atoms with Gasteiger partial charge in [-0.3, -0.25) is 9.59 Å². The lowest BCUT2D eigenvalue weighted by Gasteiger charge is -2.18. The molecule has 1 unspecified atom stereocenters. The maximum atomic E-state index is 12.7. The van der Waals surface area contributed by atoms with Crippen LogP contribution in [-0.4, -0.2) is 23.1 Å². The van der Waals surface area contributed by atoms with E-state index in [-0.39, 0.29) is 18.5 Å². The lowest BCUT2D eigenvalue weighted by atomic mass is 10.0. The van der Waals surface area contributed by atoms with Crippen LogP contribution in [0.2, 0.25) is 0 Å². The third-order valence-corrected chi connectivity index (χ3v) is 8.80. The molecule has 0 rings (SSSR count). The summed E-state index contributed by atoms with van der Waals surface area (Å²) in [4.78, 5) is 23.5. The SMILES string of the molecule is CC/C=C\C/C=C\C/C=C\C/C=C\CCCCCCCCC(=O)OC(CCCC/C=C\C/C=C\C/C=C\C/C=C\CC)CCCCCCCC(=O)O. The van der Waals surface area contributed by atoms with Crippen LogP contribution in [-0.2, 0) is 14.3 Å². The predicted molar refractivity (Wildman–Crippen MR) is 227 cm³/mol. The van der Waals surface area contributed by atoms with E-state index in [1.807, 2.05) is 0 Å². The summed E-state index contributed by atoms with van der Waals surface area (Å²) < 4.78 is 5.99. The van der Waals surface area contributed by atoms with Crippen LogP contribution in [0.25, 0.3) is 0 Å². The molecule has 0 aromatic carbocycles. The van der Waals surface area contributed by atoms with Crippen molar-refractivity contribution in [3.05, 3.63) is 97.2 Å². The quantitative estimate of drug-likeness (QED) is 0.0395. The van der Waals surface area contributed by atoms with Gasteiger partial charge < -0.3 is 9.84 Å². The second-order valence-electron chi connectivity index (χ2n) is 13.8. The Balaban J connectivity index is 4.16. The van der Waals surface area contributed by atoms with Crippen molar-refractivity contribution in [2.75, 3.05) is 0 Å². The van der Waals surface area contributed by atoms with Crippen LogP contribution in [0, 0.1) is 0 Å². The molecule has 0 saturated heterocycles. The molecule has 4 nitrogen and oxygen atoms in total. The van der Waals surface area contributed by atoms with Gasteiger partial charge in [0.25, 0.3) is 0 Å². The molecule has 1 N–H and O–H groups in total. The number of allylic oxidation sites excluding steroid dienone is 16. The molecule has 0 aliphatic rings. The van der Waals surface area contributed by atoms with Gasteiger partial charge in [0.1, 0.15) is 6.10 Å². The van der Waals surface area contributed by atoms with E-state index in [2.05, 4.69) is 111 Å². The van der Waals surface area contributed by atoms with Crippen LogP contribution < -0.4 is 0 Å². The van der Waals surface area contributed by atoms with Gasteiger partial charge in [-0.05, 0) is 116 Å². The summed E-state index contributed by atoms with van der Waals surface area (Å²) in [5.41, 5.74) is 0. The minimum atomic E-state index is -0.713. The molecule has 0 bridgehead atoms. The Hall–Kier alpha value is -3.14. The van der Waals surface area contributed by atoms with Gasteiger partial charge in [-0.2, -0.15) is 0 Å². The highest BCUT2D eigenvalue weighted by Crippen LogP contribution is 2.18. The van der Waals surface area contributed by atoms with E-state index in [0.717, 1.165) is 135 Å². The minimum absolute atomic E-state index is 0.00214. The Bertz CT molecular complexity index is 1040. The zero-order valence-corrected chi connectivity index (χ0v) is 33.6. The Kier molecular flexibility index (Phi) is 39.7. The van der Waals surface area contributed by atoms with E-state index in [4.69, 9.17) is 9.84 Å². The average Bonchev–Trinajstić information content (AvgIpc) is 3.13. The smallest absolute Gasteiger partial charge is 0.306 e. The molecule has 1 atom stereocenters. The fourth-order valence-corrected chi connectivity index (χ4v) is 5.75. The molecular weight excluding hydrogens is 641 g/mol. The van der Waals surface area contributed by atoms with Crippen LogP contribution in [0.3, 0.4) is 0 Å². The zero-order valence-electron chi connectivity index (χ0n) is 33.6. The van der Waals surface area contributed by atoms with Gasteiger partial charge in [0.2, 0.25) is 0 Å². The highest BCUT2D eigenvalue weighted by molar-refractivity contribution is 5.69. The number of rotatable bonds is 37. The number of aliphatic carboxylic acids is 1. The van der Waals surface area contributed by atoms with Crippen molar-refractivity contribution in [1.82, 2.24) is 0 Å². The van der Waals surface area contributed by atoms with Crippen LogP contribution in [0.15, 0.2) is 97.2 Å². The number of carboxylic acid groups (broad SMARTS) is 1. The number of esters is 1. The lowest BCUT2D eigenvalue weighted by Crippen LogP contribution is -2.18. The van der Waals surface area contributed by atoms with Gasteiger partial charge >= 0.3 is 11.9 Å². The van der Waals surface area contributed by atoms with E-state index < -0.39 is 5.97 Å². The van der Waals surface area contributed by atoms with Crippen LogP contribution in [0.4, 0.5) is 0 Å². The summed E-state index contributed by atoms with van der Waals surface area (Å²) in [5.74, 6) is -0.750. The van der Waals surface area contributed by atoms with Gasteiger partial charge in [0.15, 0.2) is 0 Å². The molecule has 0 amide bonds. The minimum Gasteiger partial charge on any atom is -0.481 e. The summed E-state index contributed by atoms with van der Waals surface area (Å²) in [6.45, 7) is 4.32. The zero-order chi connectivity index (χ0) is 37.8. The number of carbonyl (C=O) groups excluding carboxylic acids is 1. The van der Waals surface area contributed by atoms with Crippen LogP contribution in [0.1, 0.15) is 187 Å². The molecule has 0 radical (unpaired) electrons. The van der Waals surface area contributed by atoms with Crippen molar-refractivity contribution in [3.63, 3.8) is 0 Å². The molecular formula is C48H78O4. The summed E-state index contributed by atoms with van der Waals surface area (Å²) in [6.07, 6.45) is 62.8. The van der Waals surface area contributed by atoms with Gasteiger partial charge in [-0.15, -0.1) is 0 Å². The van der Waals surface area contributed by atoms with Crippen molar-refractivity contribution in [3.8, 4) is 0 Å². The summed E-state index contributed by atoms with van der Waals surface area (Å²) in [6, 6.07) is 0. The van der Waals surface area contributed by atoms with Gasteiger partial charge in [-0.1, -0.05) is 156 Å². The lowest BCUT2D eigenvalue weighted by molar-refractivity contribution is -0.150. The summed E-state index contributed by atoms with van der Waals surface area (Å²) in [7, 11) is 0. The van der Waals surface area contributed by atoms with E-state index in [1.165, 1.54) is 25.7 Å². The van der Waals surface area contributed by atoms with Crippen molar-refractivity contribution in [2.24, 2.45) is 0 Å². The molecule has 0 aliphatic carbocycles. The second-order valence-corrected chi connectivity index (χ2v) is 13.8. The normalized spacial score (nSPS) is 13.3. The highest BCUT2D eigenvalue weighted by atomic mass is 16.5. The number of unbranched alkanes of at least 4 members (excludes halogenated alkanes) is 12. The summed E-state index contributed by atoms with van der Waals surface area (Å²) >= 11 is 0. The van der Waals surface area contributed by atoms with E-state index in [1.54, 1.807) is 0 Å². The fraction of sp³-hybridized carbons (Fsp3) is 0.625. The van der Waals surface area contributed by atoms with Crippen LogP contribution >= 0.6 is 0 Å². The summed E-state index contributed by atoms with van der Waals surface area (Å²) in [5, 5.41) is 8.84. The van der Waals surface area contributed by atoms with Gasteiger partial charge in [0.05, 0.1) is 0 Å². The topological polar surface area (TPSA) is 63.6 Å². The molecule has 52 heavy (non-hydrogen) atoms. The van der Waals surface area contributed by atoms with Crippen molar-refractivity contribution >= 4 is 11.9 Å². The Morgan fingerprint density at radius 3 is 1.19 bits per heavy atom. The molecule has 0 aliphatic heterocycles. The molecule has 0 saturated carbocycles. The molecule has 0 heterocycles. The Labute approximate surface area is 321 Å².